The van der Waals surface area contributed by atoms with Crippen molar-refractivity contribution < 1.29 is 9.53 Å². The maximum absolute atomic E-state index is 11.2. The summed E-state index contributed by atoms with van der Waals surface area (Å²) >= 11 is 0. The van der Waals surface area contributed by atoms with Crippen LogP contribution in [0.2, 0.25) is 0 Å². The third kappa shape index (κ3) is 3.09. The van der Waals surface area contributed by atoms with Crippen LogP contribution in [0.15, 0.2) is 0 Å². The van der Waals surface area contributed by atoms with Crippen LogP contribution in [0, 0.1) is 5.92 Å². The number of urea groups is 1. The number of carbonyl (C=O) groups is 1. The van der Waals surface area contributed by atoms with E-state index in [1.165, 1.54) is 12.8 Å². The molecule has 3 N–H and O–H groups in total. The highest BCUT2D eigenvalue weighted by atomic mass is 16.5. The van der Waals surface area contributed by atoms with Gasteiger partial charge in [0.25, 0.3) is 0 Å². The molecule has 0 spiro atoms. The Labute approximate surface area is 96.3 Å². The van der Waals surface area contributed by atoms with Crippen molar-refractivity contribution in [2.24, 2.45) is 11.7 Å². The van der Waals surface area contributed by atoms with Crippen LogP contribution < -0.4 is 11.1 Å². The average molecular weight is 227 g/mol. The highest BCUT2D eigenvalue weighted by Crippen LogP contribution is 2.23. The number of ether oxygens (including phenoxy) is 1. The molecule has 16 heavy (non-hydrogen) atoms. The monoisotopic (exact) mass is 227 g/mol. The molecule has 92 valence electrons. The van der Waals surface area contributed by atoms with Crippen LogP contribution in [0.3, 0.4) is 0 Å². The number of hydrogen-bond acceptors (Lipinski definition) is 3. The van der Waals surface area contributed by atoms with E-state index in [0.717, 1.165) is 19.5 Å². The van der Waals surface area contributed by atoms with Gasteiger partial charge in [-0.15, -0.1) is 0 Å². The summed E-state index contributed by atoms with van der Waals surface area (Å²) in [7, 11) is 1.70. The van der Waals surface area contributed by atoms with Gasteiger partial charge in [-0.05, 0) is 19.3 Å². The fourth-order valence-electron chi connectivity index (χ4n) is 2.44. The molecule has 5 nitrogen and oxygen atoms in total. The number of carbonyl (C=O) groups excluding carboxylic acids is 1. The Kier molecular flexibility index (Phi) is 3.66. The van der Waals surface area contributed by atoms with Crippen LogP contribution in [-0.4, -0.2) is 49.8 Å². The number of rotatable bonds is 4. The molecule has 0 aromatic heterocycles. The first-order valence-corrected chi connectivity index (χ1v) is 5.98. The number of likely N-dealkylation sites (tertiary alicyclic amines) is 1. The lowest BCUT2D eigenvalue weighted by Gasteiger charge is -2.37. The van der Waals surface area contributed by atoms with E-state index in [-0.39, 0.29) is 6.03 Å². The molecular weight excluding hydrogens is 206 g/mol. The Bertz CT molecular complexity index is 256. The maximum atomic E-state index is 11.2. The Balaban J connectivity index is 1.89. The highest BCUT2D eigenvalue weighted by molar-refractivity contribution is 5.72. The lowest BCUT2D eigenvalue weighted by molar-refractivity contribution is 0.0882. The number of primary amides is 1. The Morgan fingerprint density at radius 1 is 1.44 bits per heavy atom. The van der Waals surface area contributed by atoms with Gasteiger partial charge in [-0.25, -0.2) is 4.79 Å². The summed E-state index contributed by atoms with van der Waals surface area (Å²) in [4.78, 5) is 13.0. The fourth-order valence-corrected chi connectivity index (χ4v) is 2.44. The normalized spacial score (nSPS) is 30.4. The van der Waals surface area contributed by atoms with Crippen molar-refractivity contribution >= 4 is 6.03 Å². The van der Waals surface area contributed by atoms with E-state index < -0.39 is 0 Å². The third-order valence-corrected chi connectivity index (χ3v) is 3.30. The lowest BCUT2D eigenvalue weighted by atomic mass is 9.95. The number of piperidine rings is 1. The molecule has 2 rings (SSSR count). The van der Waals surface area contributed by atoms with E-state index in [2.05, 4.69) is 5.32 Å². The minimum atomic E-state index is -0.316. The average Bonchev–Trinajstić information content (AvgIpc) is 3.01. The smallest absolute Gasteiger partial charge is 0.314 e. The molecular formula is C11H21N3O2. The Hall–Kier alpha value is -0.810. The van der Waals surface area contributed by atoms with Crippen LogP contribution in [0.5, 0.6) is 0 Å². The van der Waals surface area contributed by atoms with Gasteiger partial charge in [0.15, 0.2) is 0 Å². The maximum Gasteiger partial charge on any atom is 0.314 e. The first kappa shape index (κ1) is 11.7. The SMILES string of the molecule is COCC1CC(NC2CC2)CN(C(N)=O)C1. The second kappa shape index (κ2) is 5.01. The molecule has 1 saturated heterocycles. The van der Waals surface area contributed by atoms with E-state index in [1.54, 1.807) is 12.0 Å². The van der Waals surface area contributed by atoms with E-state index in [0.29, 0.717) is 24.6 Å². The van der Waals surface area contributed by atoms with E-state index in [4.69, 9.17) is 10.5 Å². The molecule has 1 aliphatic carbocycles. The predicted molar refractivity (Wildman–Crippen MR) is 61.1 cm³/mol. The minimum absolute atomic E-state index is 0.316. The molecule has 2 atom stereocenters. The van der Waals surface area contributed by atoms with Crippen molar-refractivity contribution in [3.8, 4) is 0 Å². The van der Waals surface area contributed by atoms with Gasteiger partial charge < -0.3 is 20.7 Å². The van der Waals surface area contributed by atoms with Crippen LogP contribution in [-0.2, 0) is 4.74 Å². The van der Waals surface area contributed by atoms with Gasteiger partial charge in [0.1, 0.15) is 0 Å². The topological polar surface area (TPSA) is 67.6 Å². The molecule has 2 amide bonds. The van der Waals surface area contributed by atoms with Crippen molar-refractivity contribution in [2.75, 3.05) is 26.8 Å². The number of amides is 2. The largest absolute Gasteiger partial charge is 0.384 e. The van der Waals surface area contributed by atoms with Gasteiger partial charge in [-0.2, -0.15) is 0 Å². The van der Waals surface area contributed by atoms with Crippen LogP contribution in [0.1, 0.15) is 19.3 Å². The summed E-state index contributed by atoms with van der Waals surface area (Å²) in [6.07, 6.45) is 3.61. The van der Waals surface area contributed by atoms with Gasteiger partial charge in [0, 0.05) is 38.2 Å². The molecule has 0 aromatic rings. The summed E-state index contributed by atoms with van der Waals surface area (Å²) in [5, 5.41) is 3.56. The number of nitrogens with two attached hydrogens (primary N) is 1. The first-order valence-electron chi connectivity index (χ1n) is 5.98. The van der Waals surface area contributed by atoms with Crippen LogP contribution in [0.4, 0.5) is 4.79 Å². The quantitative estimate of drug-likeness (QED) is 0.718. The number of nitrogens with zero attached hydrogens (tertiary/aromatic N) is 1. The van der Waals surface area contributed by atoms with Gasteiger partial charge in [-0.3, -0.25) is 0 Å². The molecule has 0 aromatic carbocycles. The summed E-state index contributed by atoms with van der Waals surface area (Å²) < 4.78 is 5.17. The molecule has 5 heteroatoms. The third-order valence-electron chi connectivity index (χ3n) is 3.30. The number of nitrogens with one attached hydrogen (secondary N) is 1. The van der Waals surface area contributed by atoms with Crippen molar-refractivity contribution in [1.82, 2.24) is 10.2 Å². The van der Waals surface area contributed by atoms with Crippen molar-refractivity contribution in [2.45, 2.75) is 31.3 Å². The summed E-state index contributed by atoms with van der Waals surface area (Å²) in [6.45, 7) is 2.17. The van der Waals surface area contributed by atoms with E-state index in [9.17, 15) is 4.79 Å². The molecule has 2 fully saturated rings. The lowest BCUT2D eigenvalue weighted by Crippen LogP contribution is -2.53. The second-order valence-corrected chi connectivity index (χ2v) is 4.94. The van der Waals surface area contributed by atoms with Gasteiger partial charge in [0.05, 0.1) is 6.61 Å². The molecule has 2 unspecified atom stereocenters. The summed E-state index contributed by atoms with van der Waals surface area (Å²) in [5.41, 5.74) is 5.35. The zero-order valence-electron chi connectivity index (χ0n) is 9.82. The van der Waals surface area contributed by atoms with Crippen LogP contribution >= 0.6 is 0 Å². The Morgan fingerprint density at radius 2 is 2.19 bits per heavy atom. The van der Waals surface area contributed by atoms with E-state index in [1.807, 2.05) is 0 Å². The van der Waals surface area contributed by atoms with Crippen molar-refractivity contribution in [3.05, 3.63) is 0 Å². The molecule has 1 saturated carbocycles. The predicted octanol–water partition coefficient (Wildman–Crippen LogP) is 0.154. The molecule has 1 heterocycles. The highest BCUT2D eigenvalue weighted by Gasteiger charge is 2.32. The summed E-state index contributed by atoms with van der Waals surface area (Å²) in [5.74, 6) is 0.405. The van der Waals surface area contributed by atoms with Gasteiger partial charge in [0.2, 0.25) is 0 Å². The van der Waals surface area contributed by atoms with Crippen molar-refractivity contribution in [1.29, 1.82) is 0 Å². The minimum Gasteiger partial charge on any atom is -0.384 e. The molecule has 0 bridgehead atoms. The number of hydrogen-bond donors (Lipinski definition) is 2. The summed E-state index contributed by atoms with van der Waals surface area (Å²) in [6, 6.07) is 0.735. The second-order valence-electron chi connectivity index (χ2n) is 4.94. The fraction of sp³-hybridized carbons (Fsp3) is 0.909. The van der Waals surface area contributed by atoms with Crippen LogP contribution in [0.25, 0.3) is 0 Å². The van der Waals surface area contributed by atoms with E-state index >= 15 is 0 Å². The zero-order chi connectivity index (χ0) is 11.5. The standard InChI is InChI=1S/C11H21N3O2/c1-16-7-8-4-10(13-9-2-3-9)6-14(5-8)11(12)15/h8-10,13H,2-7H2,1H3,(H2,12,15). The molecule has 1 aliphatic heterocycles. The zero-order valence-corrected chi connectivity index (χ0v) is 9.82. The van der Waals surface area contributed by atoms with Crippen molar-refractivity contribution in [3.63, 3.8) is 0 Å². The first-order chi connectivity index (χ1) is 7.69. The van der Waals surface area contributed by atoms with Gasteiger partial charge >= 0.3 is 6.03 Å². The molecule has 0 radical (unpaired) electrons. The Morgan fingerprint density at radius 3 is 2.75 bits per heavy atom. The number of methoxy groups -OCH3 is 1. The molecule has 2 aliphatic rings. The van der Waals surface area contributed by atoms with Gasteiger partial charge in [-0.1, -0.05) is 0 Å².